The summed E-state index contributed by atoms with van der Waals surface area (Å²) in [7, 11) is 0. The molecule has 4 heteroatoms. The van der Waals surface area contributed by atoms with E-state index >= 15 is 0 Å². The van der Waals surface area contributed by atoms with Crippen molar-refractivity contribution in [1.29, 1.82) is 0 Å². The average molecular weight is 711 g/mol. The first-order chi connectivity index (χ1) is 30.1. The fourth-order valence-electron chi connectivity index (χ4n) is 6.90. The Morgan fingerprint density at radius 3 is 1.53 bits per heavy atom. The lowest BCUT2D eigenvalue weighted by atomic mass is 9.94. The second kappa shape index (κ2) is 13.8. The highest BCUT2D eigenvalue weighted by molar-refractivity contribution is 6.09. The van der Waals surface area contributed by atoms with Gasteiger partial charge in [-0.1, -0.05) is 170 Å². The van der Waals surface area contributed by atoms with Gasteiger partial charge in [-0.3, -0.25) is 0 Å². The predicted molar refractivity (Wildman–Crippen MR) is 225 cm³/mol. The van der Waals surface area contributed by atoms with Crippen LogP contribution in [0.1, 0.15) is 9.60 Å². The standard InChI is InChI=1S/C51H33N3O/c1-4-14-34(15-5-1)37-26-28-38(29-27-37)49-52-50(40-21-12-20-39(30-40)35-16-6-2-7-17-35)54-51(53-49)43-32-41(36-18-8-3-9-19-36)31-42(33-43)44-23-13-24-46-45-22-10-11-25-47(45)55-48(44)46/h1-33H/i10D,11D,13D,22D,23D,24D,25D. The molecule has 0 saturated heterocycles. The van der Waals surface area contributed by atoms with Gasteiger partial charge in [0.1, 0.15) is 11.2 Å². The third-order valence-corrected chi connectivity index (χ3v) is 9.64. The zero-order chi connectivity index (χ0) is 42.6. The minimum absolute atomic E-state index is 0.00652. The Labute approximate surface area is 328 Å². The maximum absolute atomic E-state index is 9.26. The first kappa shape index (κ1) is 25.5. The maximum Gasteiger partial charge on any atom is 0.164 e. The molecule has 0 saturated carbocycles. The number of rotatable bonds is 7. The van der Waals surface area contributed by atoms with E-state index in [1.807, 2.05) is 127 Å². The zero-order valence-corrected chi connectivity index (χ0v) is 29.3. The molecule has 0 aliphatic rings. The van der Waals surface area contributed by atoms with Gasteiger partial charge >= 0.3 is 0 Å². The summed E-state index contributed by atoms with van der Waals surface area (Å²) in [4.78, 5) is 15.3. The molecular weight excluding hydrogens is 671 g/mol. The van der Waals surface area contributed by atoms with Crippen LogP contribution in [0.25, 0.3) is 101 Å². The number of nitrogens with zero attached hydrogens (tertiary/aromatic N) is 3. The van der Waals surface area contributed by atoms with Crippen LogP contribution in [0.4, 0.5) is 0 Å². The number of fused-ring (bicyclic) bond motifs is 3. The lowest BCUT2D eigenvalue weighted by Crippen LogP contribution is -2.01. The molecule has 0 aliphatic heterocycles. The summed E-state index contributed by atoms with van der Waals surface area (Å²) in [6, 6.07) is 48.8. The van der Waals surface area contributed by atoms with Crippen LogP contribution in [0.2, 0.25) is 0 Å². The van der Waals surface area contributed by atoms with E-state index in [1.165, 1.54) is 0 Å². The van der Waals surface area contributed by atoms with Gasteiger partial charge in [0.05, 0.1) is 9.60 Å². The lowest BCUT2D eigenvalue weighted by Gasteiger charge is -2.13. The summed E-state index contributed by atoms with van der Waals surface area (Å²) < 4.78 is 67.5. The van der Waals surface area contributed by atoms with Gasteiger partial charge in [-0.25, -0.2) is 15.0 Å². The topological polar surface area (TPSA) is 51.8 Å². The van der Waals surface area contributed by atoms with Crippen molar-refractivity contribution < 1.29 is 14.0 Å². The van der Waals surface area contributed by atoms with E-state index in [4.69, 9.17) is 27.6 Å². The molecule has 10 rings (SSSR count). The Morgan fingerprint density at radius 2 is 0.818 bits per heavy atom. The number of furan rings is 1. The van der Waals surface area contributed by atoms with Crippen LogP contribution >= 0.6 is 0 Å². The molecule has 0 spiro atoms. The quantitative estimate of drug-likeness (QED) is 0.165. The Morgan fingerprint density at radius 1 is 0.345 bits per heavy atom. The molecule has 10 aromatic rings. The van der Waals surface area contributed by atoms with Crippen molar-refractivity contribution in [3.8, 4) is 78.7 Å². The van der Waals surface area contributed by atoms with Crippen LogP contribution in [-0.2, 0) is 0 Å². The van der Waals surface area contributed by atoms with Crippen molar-refractivity contribution >= 4 is 21.9 Å². The summed E-state index contributed by atoms with van der Waals surface area (Å²) in [5, 5.41) is 0.0320. The predicted octanol–water partition coefficient (Wildman–Crippen LogP) is 13.4. The van der Waals surface area contributed by atoms with Gasteiger partial charge in [-0.05, 0) is 69.3 Å². The molecule has 0 fully saturated rings. The van der Waals surface area contributed by atoms with E-state index in [1.54, 1.807) is 0 Å². The van der Waals surface area contributed by atoms with E-state index in [-0.39, 0.29) is 45.6 Å². The summed E-state index contributed by atoms with van der Waals surface area (Å²) in [5.41, 5.74) is 8.37. The molecule has 2 heterocycles. The van der Waals surface area contributed by atoms with Crippen molar-refractivity contribution in [2.24, 2.45) is 0 Å². The molecule has 8 aromatic carbocycles. The van der Waals surface area contributed by atoms with Gasteiger partial charge in [-0.15, -0.1) is 0 Å². The molecule has 0 amide bonds. The number of para-hydroxylation sites is 2. The second-order valence-corrected chi connectivity index (χ2v) is 13.1. The Bertz CT molecular complexity index is 3360. The summed E-state index contributed by atoms with van der Waals surface area (Å²) >= 11 is 0. The fourth-order valence-corrected chi connectivity index (χ4v) is 6.90. The smallest absolute Gasteiger partial charge is 0.164 e. The highest BCUT2D eigenvalue weighted by Crippen LogP contribution is 2.39. The van der Waals surface area contributed by atoms with Crippen molar-refractivity contribution in [2.45, 2.75) is 0 Å². The molecule has 0 bridgehead atoms. The number of aromatic nitrogens is 3. The molecule has 2 aromatic heterocycles. The van der Waals surface area contributed by atoms with Gasteiger partial charge in [0, 0.05) is 33.0 Å². The normalized spacial score (nSPS) is 13.1. The largest absolute Gasteiger partial charge is 0.455 e. The molecule has 0 atom stereocenters. The van der Waals surface area contributed by atoms with Crippen LogP contribution in [0.15, 0.2) is 204 Å². The Kier molecular flexibility index (Phi) is 6.43. The van der Waals surface area contributed by atoms with E-state index in [2.05, 4.69) is 30.3 Å². The van der Waals surface area contributed by atoms with E-state index < -0.39 is 24.2 Å². The van der Waals surface area contributed by atoms with Gasteiger partial charge in [-0.2, -0.15) is 0 Å². The molecule has 0 radical (unpaired) electrons. The van der Waals surface area contributed by atoms with Crippen molar-refractivity contribution in [2.75, 3.05) is 0 Å². The van der Waals surface area contributed by atoms with Gasteiger partial charge < -0.3 is 4.42 Å². The van der Waals surface area contributed by atoms with Crippen LogP contribution < -0.4 is 0 Å². The SMILES string of the molecule is [2H]c1c([2H])c([2H])c2c(oc3c(-c4cc(-c5ccccc5)cc(-c5nc(-c6ccc(-c7ccccc7)cc6)nc(-c6cccc(-c7ccccc7)c6)n5)c4)c([2H])c([2H])c([2H])c32)c1[2H]. The number of hydrogen-bond donors (Lipinski definition) is 0. The fraction of sp³-hybridized carbons (Fsp3) is 0. The molecule has 0 aliphatic carbocycles. The lowest BCUT2D eigenvalue weighted by molar-refractivity contribution is 0.670. The minimum Gasteiger partial charge on any atom is -0.455 e. The molecule has 0 unspecified atom stereocenters. The van der Waals surface area contributed by atoms with Crippen LogP contribution in [0.3, 0.4) is 0 Å². The maximum atomic E-state index is 9.26. The van der Waals surface area contributed by atoms with E-state index in [9.17, 15) is 1.37 Å². The Balaban J connectivity index is 1.23. The van der Waals surface area contributed by atoms with Crippen molar-refractivity contribution in [3.63, 3.8) is 0 Å². The first-order valence-corrected chi connectivity index (χ1v) is 17.9. The van der Waals surface area contributed by atoms with E-state index in [0.717, 1.165) is 44.5 Å². The average Bonchev–Trinajstić information content (AvgIpc) is 3.73. The van der Waals surface area contributed by atoms with Crippen molar-refractivity contribution in [3.05, 3.63) is 200 Å². The Hall–Kier alpha value is -7.43. The van der Waals surface area contributed by atoms with Gasteiger partial charge in [0.2, 0.25) is 0 Å². The summed E-state index contributed by atoms with van der Waals surface area (Å²) in [6.07, 6.45) is 0. The highest BCUT2D eigenvalue weighted by atomic mass is 16.3. The molecular formula is C51H33N3O. The highest BCUT2D eigenvalue weighted by Gasteiger charge is 2.18. The number of benzene rings is 8. The molecule has 55 heavy (non-hydrogen) atoms. The number of hydrogen-bond acceptors (Lipinski definition) is 4. The zero-order valence-electron chi connectivity index (χ0n) is 36.3. The molecule has 258 valence electrons. The summed E-state index contributed by atoms with van der Waals surface area (Å²) in [6.45, 7) is 0. The van der Waals surface area contributed by atoms with Gasteiger partial charge in [0.25, 0.3) is 0 Å². The molecule has 0 N–H and O–H groups in total. The van der Waals surface area contributed by atoms with Crippen LogP contribution in [0, 0.1) is 0 Å². The monoisotopic (exact) mass is 710 g/mol. The van der Waals surface area contributed by atoms with Crippen LogP contribution in [-0.4, -0.2) is 15.0 Å². The first-order valence-electron chi connectivity index (χ1n) is 21.4. The third-order valence-electron chi connectivity index (χ3n) is 9.64. The molecule has 4 nitrogen and oxygen atoms in total. The minimum atomic E-state index is -0.481. The van der Waals surface area contributed by atoms with E-state index in [0.29, 0.717) is 28.6 Å². The summed E-state index contributed by atoms with van der Waals surface area (Å²) in [5.74, 6) is 1.23. The van der Waals surface area contributed by atoms with Gasteiger partial charge in [0.15, 0.2) is 17.5 Å². The second-order valence-electron chi connectivity index (χ2n) is 13.1. The third kappa shape index (κ3) is 6.26. The van der Waals surface area contributed by atoms with Crippen molar-refractivity contribution in [1.82, 2.24) is 15.0 Å². The van der Waals surface area contributed by atoms with Crippen LogP contribution in [0.5, 0.6) is 0 Å².